The van der Waals surface area contributed by atoms with E-state index in [9.17, 15) is 5.11 Å². The highest BCUT2D eigenvalue weighted by Gasteiger charge is 2.17. The molecule has 0 aromatic carbocycles. The third-order valence-electron chi connectivity index (χ3n) is 4.43. The molecular formula is C16H28N2O. The Morgan fingerprint density at radius 1 is 1.37 bits per heavy atom. The van der Waals surface area contributed by atoms with Gasteiger partial charge < -0.3 is 5.11 Å². The van der Waals surface area contributed by atoms with Gasteiger partial charge in [0.2, 0.25) is 0 Å². The lowest BCUT2D eigenvalue weighted by Gasteiger charge is -2.21. The molecular weight excluding hydrogens is 236 g/mol. The minimum absolute atomic E-state index is 0.246. The number of hydrogen-bond donors (Lipinski definition) is 1. The second-order valence-electron chi connectivity index (χ2n) is 6.19. The summed E-state index contributed by atoms with van der Waals surface area (Å²) in [6.45, 7) is 4.37. The first-order valence-corrected chi connectivity index (χ1v) is 7.91. The molecule has 0 aliphatic heterocycles. The molecule has 1 N–H and O–H groups in total. The Kier molecular flexibility index (Phi) is 5.44. The maximum Gasteiger partial charge on any atom is 0.0650 e. The minimum atomic E-state index is -0.246. The summed E-state index contributed by atoms with van der Waals surface area (Å²) in [7, 11) is 0. The maximum absolute atomic E-state index is 10.1. The fraction of sp³-hybridized carbons (Fsp3) is 0.812. The van der Waals surface area contributed by atoms with Gasteiger partial charge in [-0.05, 0) is 31.2 Å². The molecule has 1 aliphatic rings. The van der Waals surface area contributed by atoms with Crippen LogP contribution in [0.2, 0.25) is 0 Å². The Morgan fingerprint density at radius 3 is 2.79 bits per heavy atom. The molecule has 3 heteroatoms. The highest BCUT2D eigenvalue weighted by Crippen LogP contribution is 2.27. The molecule has 0 saturated heterocycles. The van der Waals surface area contributed by atoms with Crippen LogP contribution in [-0.4, -0.2) is 21.0 Å². The van der Waals surface area contributed by atoms with Crippen LogP contribution in [0.25, 0.3) is 0 Å². The predicted molar refractivity (Wildman–Crippen MR) is 78.1 cm³/mol. The largest absolute Gasteiger partial charge is 0.393 e. The van der Waals surface area contributed by atoms with Gasteiger partial charge in [0.1, 0.15) is 0 Å². The zero-order valence-electron chi connectivity index (χ0n) is 12.4. The van der Waals surface area contributed by atoms with Crippen LogP contribution in [0.3, 0.4) is 0 Å². The number of aliphatic hydroxyl groups excluding tert-OH is 1. The summed E-state index contributed by atoms with van der Waals surface area (Å²) >= 11 is 0. The molecule has 1 aromatic heterocycles. The molecule has 0 spiro atoms. The Labute approximate surface area is 117 Å². The highest BCUT2D eigenvalue weighted by molar-refractivity contribution is 5.01. The van der Waals surface area contributed by atoms with Crippen LogP contribution in [0.15, 0.2) is 12.3 Å². The summed E-state index contributed by atoms with van der Waals surface area (Å²) in [5.41, 5.74) is 1.04. The predicted octanol–water partition coefficient (Wildman–Crippen LogP) is 3.73. The topological polar surface area (TPSA) is 38.0 Å². The fourth-order valence-electron chi connectivity index (χ4n) is 2.99. The van der Waals surface area contributed by atoms with Crippen molar-refractivity contribution in [1.29, 1.82) is 0 Å². The summed E-state index contributed by atoms with van der Waals surface area (Å²) in [5.74, 6) is 0.593. The van der Waals surface area contributed by atoms with Crippen molar-refractivity contribution in [2.45, 2.75) is 77.4 Å². The molecule has 3 nitrogen and oxygen atoms in total. The Hall–Kier alpha value is -0.830. The lowest BCUT2D eigenvalue weighted by atomic mass is 9.96. The zero-order valence-corrected chi connectivity index (χ0v) is 12.4. The first-order chi connectivity index (χ1) is 9.19. The van der Waals surface area contributed by atoms with Crippen molar-refractivity contribution < 1.29 is 5.11 Å². The van der Waals surface area contributed by atoms with Gasteiger partial charge in [0, 0.05) is 12.6 Å². The maximum atomic E-state index is 10.1. The monoisotopic (exact) mass is 264 g/mol. The highest BCUT2D eigenvalue weighted by atomic mass is 16.3. The summed E-state index contributed by atoms with van der Waals surface area (Å²) in [6.07, 6.45) is 11.1. The van der Waals surface area contributed by atoms with Crippen molar-refractivity contribution >= 4 is 0 Å². The fourth-order valence-corrected chi connectivity index (χ4v) is 2.99. The first kappa shape index (κ1) is 14.6. The molecule has 0 bridgehead atoms. The summed E-state index contributed by atoms with van der Waals surface area (Å²) < 4.78 is 2.13. The average molecular weight is 264 g/mol. The third kappa shape index (κ3) is 4.34. The zero-order chi connectivity index (χ0) is 13.7. The van der Waals surface area contributed by atoms with Gasteiger partial charge >= 0.3 is 0 Å². The smallest absolute Gasteiger partial charge is 0.0650 e. The SMILES string of the molecule is CCC(C)CC(O)Cc1ccn(C2CCCCC2)n1. The Morgan fingerprint density at radius 2 is 2.11 bits per heavy atom. The second-order valence-corrected chi connectivity index (χ2v) is 6.19. The van der Waals surface area contributed by atoms with E-state index in [1.54, 1.807) is 0 Å². The van der Waals surface area contributed by atoms with E-state index < -0.39 is 0 Å². The Balaban J connectivity index is 1.86. The van der Waals surface area contributed by atoms with Crippen molar-refractivity contribution in [1.82, 2.24) is 9.78 Å². The second kappa shape index (κ2) is 7.09. The van der Waals surface area contributed by atoms with Crippen molar-refractivity contribution in [3.05, 3.63) is 18.0 Å². The van der Waals surface area contributed by atoms with Gasteiger partial charge in [-0.3, -0.25) is 4.68 Å². The van der Waals surface area contributed by atoms with Gasteiger partial charge in [-0.2, -0.15) is 5.10 Å². The number of rotatable bonds is 6. The van der Waals surface area contributed by atoms with Crippen LogP contribution < -0.4 is 0 Å². The molecule has 108 valence electrons. The van der Waals surface area contributed by atoms with Crippen molar-refractivity contribution in [2.24, 2.45) is 5.92 Å². The van der Waals surface area contributed by atoms with E-state index in [1.807, 2.05) is 0 Å². The molecule has 1 aromatic rings. The van der Waals surface area contributed by atoms with Crippen LogP contribution in [0.5, 0.6) is 0 Å². The lowest BCUT2D eigenvalue weighted by molar-refractivity contribution is 0.143. The number of aliphatic hydroxyl groups is 1. The summed E-state index contributed by atoms with van der Waals surface area (Å²) in [4.78, 5) is 0. The minimum Gasteiger partial charge on any atom is -0.393 e. The van der Waals surface area contributed by atoms with E-state index in [-0.39, 0.29) is 6.10 Å². The van der Waals surface area contributed by atoms with Gasteiger partial charge in [-0.1, -0.05) is 39.5 Å². The Bertz CT molecular complexity index is 369. The van der Waals surface area contributed by atoms with E-state index in [2.05, 4.69) is 35.9 Å². The molecule has 19 heavy (non-hydrogen) atoms. The number of aromatic nitrogens is 2. The summed E-state index contributed by atoms with van der Waals surface area (Å²) in [5, 5.41) is 14.7. The normalized spacial score (nSPS) is 20.4. The third-order valence-corrected chi connectivity index (χ3v) is 4.43. The van der Waals surface area contributed by atoms with Crippen LogP contribution >= 0.6 is 0 Å². The standard InChI is InChI=1S/C16H28N2O/c1-3-13(2)11-16(19)12-14-9-10-18(17-14)15-7-5-4-6-8-15/h9-10,13,15-16,19H,3-8,11-12H2,1-2H3. The van der Waals surface area contributed by atoms with Gasteiger partial charge in [0.15, 0.2) is 0 Å². The first-order valence-electron chi connectivity index (χ1n) is 7.91. The lowest BCUT2D eigenvalue weighted by Crippen LogP contribution is -2.16. The van der Waals surface area contributed by atoms with Gasteiger partial charge in [0.25, 0.3) is 0 Å². The van der Waals surface area contributed by atoms with E-state index in [0.717, 1.165) is 18.5 Å². The average Bonchev–Trinajstić information content (AvgIpc) is 2.88. The van der Waals surface area contributed by atoms with Crippen molar-refractivity contribution in [3.63, 3.8) is 0 Å². The van der Waals surface area contributed by atoms with E-state index >= 15 is 0 Å². The number of nitrogens with zero attached hydrogens (tertiary/aromatic N) is 2. The molecule has 1 saturated carbocycles. The molecule has 1 fully saturated rings. The van der Waals surface area contributed by atoms with Crippen LogP contribution in [-0.2, 0) is 6.42 Å². The van der Waals surface area contributed by atoms with Gasteiger partial charge in [-0.25, -0.2) is 0 Å². The van der Waals surface area contributed by atoms with Gasteiger partial charge in [0.05, 0.1) is 17.8 Å². The van der Waals surface area contributed by atoms with Gasteiger partial charge in [-0.15, -0.1) is 0 Å². The molecule has 0 radical (unpaired) electrons. The number of hydrogen-bond acceptors (Lipinski definition) is 2. The van der Waals surface area contributed by atoms with Crippen LogP contribution in [0, 0.1) is 5.92 Å². The molecule has 0 amide bonds. The summed E-state index contributed by atoms with van der Waals surface area (Å²) in [6, 6.07) is 2.67. The molecule has 1 heterocycles. The van der Waals surface area contributed by atoms with Crippen LogP contribution in [0.4, 0.5) is 0 Å². The quantitative estimate of drug-likeness (QED) is 0.850. The van der Waals surface area contributed by atoms with E-state index in [4.69, 9.17) is 0 Å². The molecule has 1 aliphatic carbocycles. The van der Waals surface area contributed by atoms with Crippen molar-refractivity contribution in [3.8, 4) is 0 Å². The van der Waals surface area contributed by atoms with Crippen LogP contribution in [0.1, 0.15) is 70.5 Å². The molecule has 2 unspecified atom stereocenters. The van der Waals surface area contributed by atoms with E-state index in [1.165, 1.54) is 32.1 Å². The molecule has 2 atom stereocenters. The van der Waals surface area contributed by atoms with E-state index in [0.29, 0.717) is 18.4 Å². The van der Waals surface area contributed by atoms with Crippen molar-refractivity contribution in [2.75, 3.05) is 0 Å². The molecule has 2 rings (SSSR count).